The Balaban J connectivity index is 3.18. The molecule has 8 heavy (non-hydrogen) atoms. The van der Waals surface area contributed by atoms with Crippen LogP contribution in [0.3, 0.4) is 0 Å². The zero-order valence-electron chi connectivity index (χ0n) is 4.52. The highest BCUT2D eigenvalue weighted by Crippen LogP contribution is 1.68. The molecular formula is C5H8NO2. The average Bonchev–Trinajstić information content (AvgIpc) is 1.68. The van der Waals surface area contributed by atoms with Gasteiger partial charge >= 0.3 is 0 Å². The van der Waals surface area contributed by atoms with E-state index in [-0.39, 0.29) is 12.3 Å². The summed E-state index contributed by atoms with van der Waals surface area (Å²) in [5.41, 5.74) is 0. The van der Waals surface area contributed by atoms with Crippen LogP contribution in [-0.2, 0) is 9.59 Å². The molecule has 1 amide bonds. The van der Waals surface area contributed by atoms with Gasteiger partial charge in [-0.15, -0.1) is 0 Å². The number of rotatable bonds is 3. The molecule has 0 rings (SSSR count). The van der Waals surface area contributed by atoms with Crippen molar-refractivity contribution in [2.45, 2.75) is 6.42 Å². The monoisotopic (exact) mass is 114 g/mol. The van der Waals surface area contributed by atoms with Crippen molar-refractivity contribution >= 4 is 12.2 Å². The van der Waals surface area contributed by atoms with Crippen molar-refractivity contribution in [1.82, 2.24) is 5.32 Å². The molecule has 0 heterocycles. The second-order valence-electron chi connectivity index (χ2n) is 1.22. The minimum absolute atomic E-state index is 0.0600. The van der Waals surface area contributed by atoms with E-state index in [4.69, 9.17) is 0 Å². The van der Waals surface area contributed by atoms with Gasteiger partial charge in [0.2, 0.25) is 5.91 Å². The molecule has 0 aliphatic carbocycles. The Hall–Kier alpha value is -0.860. The van der Waals surface area contributed by atoms with E-state index in [0.29, 0.717) is 12.8 Å². The SMILES string of the molecule is [CH2]CNC(=O)CC=O. The lowest BCUT2D eigenvalue weighted by Gasteiger charge is -1.93. The lowest BCUT2D eigenvalue weighted by atomic mass is 10.4. The Labute approximate surface area is 48.1 Å². The third kappa shape index (κ3) is 3.33. The number of hydrogen-bond donors (Lipinski definition) is 1. The molecule has 0 fully saturated rings. The molecule has 0 atom stereocenters. The van der Waals surface area contributed by atoms with Crippen LogP contribution in [0.4, 0.5) is 0 Å². The Morgan fingerprint density at radius 3 is 2.75 bits per heavy atom. The van der Waals surface area contributed by atoms with E-state index in [1.807, 2.05) is 0 Å². The number of carbonyl (C=O) groups excluding carboxylic acids is 2. The maximum atomic E-state index is 10.3. The number of amides is 1. The number of hydrogen-bond acceptors (Lipinski definition) is 2. The molecule has 1 radical (unpaired) electrons. The van der Waals surface area contributed by atoms with E-state index in [2.05, 4.69) is 12.2 Å². The first-order valence-corrected chi connectivity index (χ1v) is 2.31. The molecule has 0 saturated heterocycles. The molecule has 0 unspecified atom stereocenters. The summed E-state index contributed by atoms with van der Waals surface area (Å²) >= 11 is 0. The summed E-state index contributed by atoms with van der Waals surface area (Å²) in [5.74, 6) is -0.269. The fourth-order valence-electron chi connectivity index (χ4n) is 0.287. The van der Waals surface area contributed by atoms with Crippen LogP contribution in [0.5, 0.6) is 0 Å². The van der Waals surface area contributed by atoms with Crippen molar-refractivity contribution in [1.29, 1.82) is 0 Å². The molecule has 45 valence electrons. The molecule has 3 heteroatoms. The van der Waals surface area contributed by atoms with Crippen LogP contribution in [-0.4, -0.2) is 18.7 Å². The summed E-state index contributed by atoms with van der Waals surface area (Å²) in [6.45, 7) is 3.70. The molecule has 3 nitrogen and oxygen atoms in total. The fraction of sp³-hybridized carbons (Fsp3) is 0.400. The van der Waals surface area contributed by atoms with Crippen molar-refractivity contribution in [3.8, 4) is 0 Å². The quantitative estimate of drug-likeness (QED) is 0.398. The van der Waals surface area contributed by atoms with Gasteiger partial charge in [-0.3, -0.25) is 4.79 Å². The van der Waals surface area contributed by atoms with Gasteiger partial charge < -0.3 is 10.1 Å². The van der Waals surface area contributed by atoms with E-state index in [1.54, 1.807) is 0 Å². The van der Waals surface area contributed by atoms with E-state index in [1.165, 1.54) is 0 Å². The van der Waals surface area contributed by atoms with Crippen LogP contribution in [0.25, 0.3) is 0 Å². The first kappa shape index (κ1) is 7.14. The van der Waals surface area contributed by atoms with Gasteiger partial charge in [0.25, 0.3) is 0 Å². The lowest BCUT2D eigenvalue weighted by molar-refractivity contribution is -0.123. The van der Waals surface area contributed by atoms with Crippen LogP contribution in [0, 0.1) is 6.92 Å². The summed E-state index contributed by atoms with van der Waals surface area (Å²) in [7, 11) is 0. The molecule has 0 aliphatic rings. The zero-order chi connectivity index (χ0) is 6.41. The van der Waals surface area contributed by atoms with Gasteiger partial charge in [0, 0.05) is 6.54 Å². The summed E-state index contributed by atoms with van der Waals surface area (Å²) in [6.07, 6.45) is 0.501. The van der Waals surface area contributed by atoms with Gasteiger partial charge in [-0.2, -0.15) is 0 Å². The Morgan fingerprint density at radius 1 is 1.75 bits per heavy atom. The predicted octanol–water partition coefficient (Wildman–Crippen LogP) is -0.474. The number of carbonyl (C=O) groups is 2. The molecule has 0 bridgehead atoms. The molecule has 1 N–H and O–H groups in total. The normalized spacial score (nSPS) is 8.12. The maximum absolute atomic E-state index is 10.3. The molecule has 0 aromatic carbocycles. The maximum Gasteiger partial charge on any atom is 0.227 e. The summed E-state index contributed by atoms with van der Waals surface area (Å²) in [6, 6.07) is 0. The average molecular weight is 114 g/mol. The predicted molar refractivity (Wildman–Crippen MR) is 29.0 cm³/mol. The summed E-state index contributed by atoms with van der Waals surface area (Å²) in [4.78, 5) is 19.9. The molecule has 0 saturated carbocycles. The molecular weight excluding hydrogens is 106 g/mol. The Morgan fingerprint density at radius 2 is 2.38 bits per heavy atom. The summed E-state index contributed by atoms with van der Waals surface area (Å²) < 4.78 is 0. The first-order valence-electron chi connectivity index (χ1n) is 2.31. The highest BCUT2D eigenvalue weighted by atomic mass is 16.2. The zero-order valence-corrected chi connectivity index (χ0v) is 4.52. The van der Waals surface area contributed by atoms with Crippen molar-refractivity contribution in [2.75, 3.05) is 6.54 Å². The van der Waals surface area contributed by atoms with Crippen LogP contribution in [0.2, 0.25) is 0 Å². The van der Waals surface area contributed by atoms with E-state index < -0.39 is 0 Å². The van der Waals surface area contributed by atoms with E-state index >= 15 is 0 Å². The van der Waals surface area contributed by atoms with Crippen molar-refractivity contribution in [3.05, 3.63) is 6.92 Å². The fourth-order valence-corrected chi connectivity index (χ4v) is 0.287. The van der Waals surface area contributed by atoms with Crippen molar-refractivity contribution in [3.63, 3.8) is 0 Å². The Bertz CT molecular complexity index is 90.4. The molecule has 0 spiro atoms. The van der Waals surface area contributed by atoms with E-state index in [9.17, 15) is 9.59 Å². The minimum atomic E-state index is -0.269. The van der Waals surface area contributed by atoms with E-state index in [0.717, 1.165) is 0 Å². The van der Waals surface area contributed by atoms with Crippen LogP contribution in [0.1, 0.15) is 6.42 Å². The van der Waals surface area contributed by atoms with Gasteiger partial charge in [-0.1, -0.05) is 0 Å². The van der Waals surface area contributed by atoms with Crippen LogP contribution < -0.4 is 5.32 Å². The smallest absolute Gasteiger partial charge is 0.227 e. The van der Waals surface area contributed by atoms with Gasteiger partial charge in [0.05, 0.1) is 6.42 Å². The Kier molecular flexibility index (Phi) is 3.84. The van der Waals surface area contributed by atoms with Gasteiger partial charge in [0.15, 0.2) is 0 Å². The second-order valence-corrected chi connectivity index (χ2v) is 1.22. The third-order valence-electron chi connectivity index (χ3n) is 0.591. The lowest BCUT2D eigenvalue weighted by Crippen LogP contribution is -2.22. The van der Waals surface area contributed by atoms with Gasteiger partial charge in [-0.25, -0.2) is 0 Å². The minimum Gasteiger partial charge on any atom is -0.356 e. The van der Waals surface area contributed by atoms with Gasteiger partial charge in [0.1, 0.15) is 6.29 Å². The second kappa shape index (κ2) is 4.30. The standard InChI is InChI=1S/C5H8NO2/c1-2-6-5(8)3-4-7/h4H,1-3H2,(H,6,8). The van der Waals surface area contributed by atoms with Crippen LogP contribution >= 0.6 is 0 Å². The summed E-state index contributed by atoms with van der Waals surface area (Å²) in [5, 5.41) is 2.37. The molecule has 0 aliphatic heterocycles. The van der Waals surface area contributed by atoms with Crippen molar-refractivity contribution in [2.24, 2.45) is 0 Å². The highest BCUT2D eigenvalue weighted by Gasteiger charge is 1.93. The van der Waals surface area contributed by atoms with Gasteiger partial charge in [-0.05, 0) is 6.92 Å². The molecule has 0 aromatic rings. The topological polar surface area (TPSA) is 46.2 Å². The third-order valence-corrected chi connectivity index (χ3v) is 0.591. The highest BCUT2D eigenvalue weighted by molar-refractivity contribution is 5.87. The first-order chi connectivity index (χ1) is 3.81. The number of nitrogens with one attached hydrogen (secondary N) is 1. The molecule has 0 aromatic heterocycles. The number of aldehydes is 1. The van der Waals surface area contributed by atoms with Crippen LogP contribution in [0.15, 0.2) is 0 Å². The largest absolute Gasteiger partial charge is 0.356 e. The van der Waals surface area contributed by atoms with Crippen molar-refractivity contribution < 1.29 is 9.59 Å².